The van der Waals surface area contributed by atoms with Crippen LogP contribution in [0.4, 0.5) is 0 Å². The fraction of sp³-hybridized carbons (Fsp3) is 1.00. The van der Waals surface area contributed by atoms with Gasteiger partial charge in [-0.15, -0.1) is 0 Å². The Morgan fingerprint density at radius 1 is 0.786 bits per heavy atom. The van der Waals surface area contributed by atoms with Crippen LogP contribution in [0.5, 0.6) is 0 Å². The summed E-state index contributed by atoms with van der Waals surface area (Å²) >= 11 is 0. The van der Waals surface area contributed by atoms with Crippen LogP contribution in [0.3, 0.4) is 0 Å². The lowest BCUT2D eigenvalue weighted by Crippen LogP contribution is -2.28. The number of rotatable bonds is 10. The van der Waals surface area contributed by atoms with E-state index in [1.54, 1.807) is 0 Å². The molecule has 0 bridgehead atoms. The zero-order chi connectivity index (χ0) is 10.6. The maximum absolute atomic E-state index is 5.52. The summed E-state index contributed by atoms with van der Waals surface area (Å²) in [5, 5.41) is 0. The van der Waals surface area contributed by atoms with Crippen molar-refractivity contribution in [3.8, 4) is 0 Å². The van der Waals surface area contributed by atoms with Gasteiger partial charge in [0.05, 0.1) is 0 Å². The zero-order valence-electron chi connectivity index (χ0n) is 10.1. The number of unbranched alkanes of at least 4 members (excludes halogenated alkanes) is 3. The van der Waals surface area contributed by atoms with Crippen molar-refractivity contribution in [1.29, 1.82) is 0 Å². The Balaban J connectivity index is 3.40. The molecule has 0 unspecified atom stereocenters. The van der Waals surface area contributed by atoms with E-state index in [2.05, 4.69) is 18.7 Å². The van der Waals surface area contributed by atoms with E-state index in [0.717, 1.165) is 13.0 Å². The third-order valence-corrected chi connectivity index (χ3v) is 2.55. The van der Waals surface area contributed by atoms with E-state index in [4.69, 9.17) is 5.73 Å². The van der Waals surface area contributed by atoms with Crippen molar-refractivity contribution in [3.63, 3.8) is 0 Å². The molecule has 0 saturated carbocycles. The first kappa shape index (κ1) is 13.9. The van der Waals surface area contributed by atoms with Crippen LogP contribution in [-0.2, 0) is 0 Å². The molecule has 0 atom stereocenters. The average molecular weight is 200 g/mol. The van der Waals surface area contributed by atoms with Gasteiger partial charge in [0.1, 0.15) is 0 Å². The Labute approximate surface area is 89.9 Å². The van der Waals surface area contributed by atoms with Crippen LogP contribution < -0.4 is 5.73 Å². The van der Waals surface area contributed by atoms with Gasteiger partial charge < -0.3 is 10.6 Å². The lowest BCUT2D eigenvalue weighted by atomic mass is 10.2. The van der Waals surface area contributed by atoms with Crippen LogP contribution in [0.2, 0.25) is 0 Å². The maximum Gasteiger partial charge on any atom is -0.000672 e. The number of hydrogen-bond acceptors (Lipinski definition) is 2. The lowest BCUT2D eigenvalue weighted by molar-refractivity contribution is 0.266. The van der Waals surface area contributed by atoms with Crippen molar-refractivity contribution < 1.29 is 0 Å². The van der Waals surface area contributed by atoms with Crippen molar-refractivity contribution in [2.75, 3.05) is 26.2 Å². The molecule has 0 aliphatic rings. The lowest BCUT2D eigenvalue weighted by Gasteiger charge is -2.21. The van der Waals surface area contributed by atoms with E-state index in [1.165, 1.54) is 51.7 Å². The van der Waals surface area contributed by atoms with E-state index in [9.17, 15) is 0 Å². The van der Waals surface area contributed by atoms with Crippen molar-refractivity contribution in [2.45, 2.75) is 52.4 Å². The molecular formula is C12H28N2. The summed E-state index contributed by atoms with van der Waals surface area (Å²) in [6.45, 7) is 9.05. The molecule has 0 radical (unpaired) electrons. The van der Waals surface area contributed by atoms with Gasteiger partial charge in [0.15, 0.2) is 0 Å². The third-order valence-electron chi connectivity index (χ3n) is 2.55. The van der Waals surface area contributed by atoms with Gasteiger partial charge in [-0.2, -0.15) is 0 Å². The highest BCUT2D eigenvalue weighted by atomic mass is 15.1. The van der Waals surface area contributed by atoms with E-state index in [1.807, 2.05) is 0 Å². The fourth-order valence-corrected chi connectivity index (χ4v) is 1.73. The SMILES string of the molecule is CCCCCCN(CCC)CCCN. The molecule has 0 aromatic carbocycles. The van der Waals surface area contributed by atoms with Gasteiger partial charge in [-0.05, 0) is 45.4 Å². The minimum atomic E-state index is 0.829. The summed E-state index contributed by atoms with van der Waals surface area (Å²) < 4.78 is 0. The summed E-state index contributed by atoms with van der Waals surface area (Å²) in [5.41, 5.74) is 5.52. The van der Waals surface area contributed by atoms with E-state index in [-0.39, 0.29) is 0 Å². The highest BCUT2D eigenvalue weighted by Gasteiger charge is 2.01. The van der Waals surface area contributed by atoms with Crippen molar-refractivity contribution in [1.82, 2.24) is 4.90 Å². The molecule has 0 aromatic rings. The predicted molar refractivity (Wildman–Crippen MR) is 64.5 cm³/mol. The van der Waals surface area contributed by atoms with Gasteiger partial charge in [-0.1, -0.05) is 33.1 Å². The van der Waals surface area contributed by atoms with Gasteiger partial charge in [0.25, 0.3) is 0 Å². The second kappa shape index (κ2) is 11.0. The maximum atomic E-state index is 5.52. The van der Waals surface area contributed by atoms with Gasteiger partial charge in [-0.3, -0.25) is 0 Å². The standard InChI is InChI=1S/C12H28N2/c1-3-5-6-7-11-14(10-4-2)12-8-9-13/h3-13H2,1-2H3. The molecular weight excluding hydrogens is 172 g/mol. The van der Waals surface area contributed by atoms with Crippen LogP contribution in [0.1, 0.15) is 52.4 Å². The molecule has 0 heterocycles. The molecule has 86 valence electrons. The van der Waals surface area contributed by atoms with Gasteiger partial charge in [0.2, 0.25) is 0 Å². The number of nitrogens with zero attached hydrogens (tertiary/aromatic N) is 1. The zero-order valence-corrected chi connectivity index (χ0v) is 10.1. The van der Waals surface area contributed by atoms with Crippen molar-refractivity contribution in [2.24, 2.45) is 5.73 Å². The molecule has 0 rings (SSSR count). The van der Waals surface area contributed by atoms with Crippen LogP contribution >= 0.6 is 0 Å². The van der Waals surface area contributed by atoms with Crippen molar-refractivity contribution in [3.05, 3.63) is 0 Å². The smallest absolute Gasteiger partial charge is 0.000672 e. The Morgan fingerprint density at radius 3 is 2.07 bits per heavy atom. The average Bonchev–Trinajstić information content (AvgIpc) is 2.20. The molecule has 2 N–H and O–H groups in total. The topological polar surface area (TPSA) is 29.3 Å². The summed E-state index contributed by atoms with van der Waals surface area (Å²) in [4.78, 5) is 2.56. The number of nitrogens with two attached hydrogens (primary N) is 1. The second-order valence-corrected chi connectivity index (χ2v) is 4.04. The molecule has 14 heavy (non-hydrogen) atoms. The first-order valence-corrected chi connectivity index (χ1v) is 6.27. The first-order valence-electron chi connectivity index (χ1n) is 6.27. The van der Waals surface area contributed by atoms with E-state index < -0.39 is 0 Å². The Hall–Kier alpha value is -0.0800. The Kier molecular flexibility index (Phi) is 10.9. The minimum absolute atomic E-state index is 0.829. The Bertz CT molecular complexity index is 104. The predicted octanol–water partition coefficient (Wildman–Crippen LogP) is 2.63. The summed E-state index contributed by atoms with van der Waals surface area (Å²) in [6.07, 6.45) is 7.87. The van der Waals surface area contributed by atoms with Crippen LogP contribution in [0.25, 0.3) is 0 Å². The van der Waals surface area contributed by atoms with Crippen molar-refractivity contribution >= 4 is 0 Å². The summed E-state index contributed by atoms with van der Waals surface area (Å²) in [7, 11) is 0. The molecule has 0 fully saturated rings. The minimum Gasteiger partial charge on any atom is -0.330 e. The highest BCUT2D eigenvalue weighted by Crippen LogP contribution is 2.02. The normalized spacial score (nSPS) is 11.1. The molecule has 0 aliphatic heterocycles. The van der Waals surface area contributed by atoms with E-state index >= 15 is 0 Å². The fourth-order valence-electron chi connectivity index (χ4n) is 1.73. The molecule has 0 amide bonds. The summed E-state index contributed by atoms with van der Waals surface area (Å²) in [6, 6.07) is 0. The molecule has 0 spiro atoms. The molecule has 2 heteroatoms. The quantitative estimate of drug-likeness (QED) is 0.549. The van der Waals surface area contributed by atoms with Gasteiger partial charge in [0, 0.05) is 0 Å². The molecule has 0 aromatic heterocycles. The largest absolute Gasteiger partial charge is 0.330 e. The second-order valence-electron chi connectivity index (χ2n) is 4.04. The number of hydrogen-bond donors (Lipinski definition) is 1. The molecule has 0 saturated heterocycles. The first-order chi connectivity index (χ1) is 6.85. The molecule has 2 nitrogen and oxygen atoms in total. The highest BCUT2D eigenvalue weighted by molar-refractivity contribution is 4.57. The Morgan fingerprint density at radius 2 is 1.50 bits per heavy atom. The van der Waals surface area contributed by atoms with Crippen LogP contribution in [-0.4, -0.2) is 31.1 Å². The van der Waals surface area contributed by atoms with Gasteiger partial charge >= 0.3 is 0 Å². The molecule has 0 aliphatic carbocycles. The third kappa shape index (κ3) is 8.52. The van der Waals surface area contributed by atoms with Crippen LogP contribution in [0, 0.1) is 0 Å². The van der Waals surface area contributed by atoms with Gasteiger partial charge in [-0.25, -0.2) is 0 Å². The monoisotopic (exact) mass is 200 g/mol. The van der Waals surface area contributed by atoms with Crippen LogP contribution in [0.15, 0.2) is 0 Å². The van der Waals surface area contributed by atoms with E-state index in [0.29, 0.717) is 0 Å². The summed E-state index contributed by atoms with van der Waals surface area (Å²) in [5.74, 6) is 0.